The van der Waals surface area contributed by atoms with E-state index in [4.69, 9.17) is 4.55 Å². The van der Waals surface area contributed by atoms with Gasteiger partial charge in [-0.15, -0.1) is 0 Å². The van der Waals surface area contributed by atoms with Crippen LogP contribution in [0, 0.1) is 0 Å². The molecule has 0 amide bonds. The molecule has 3 rings (SSSR count). The third-order valence-corrected chi connectivity index (χ3v) is 5.27. The molecule has 3 aromatic carbocycles. The summed E-state index contributed by atoms with van der Waals surface area (Å²) in [5.74, 6) is -3.14. The van der Waals surface area contributed by atoms with Gasteiger partial charge in [-0.2, -0.15) is 21.6 Å². The Morgan fingerprint density at radius 2 is 1.46 bits per heavy atom. The molecule has 0 aliphatic rings. The highest BCUT2D eigenvalue weighted by molar-refractivity contribution is 7.85. The number of ether oxygens (including phenoxy) is 1. The Labute approximate surface area is 158 Å². The van der Waals surface area contributed by atoms with Crippen molar-refractivity contribution in [3.8, 4) is 0 Å². The number of rotatable bonds is 4. The molecule has 3 aromatic rings. The van der Waals surface area contributed by atoms with Gasteiger partial charge in [0.25, 0.3) is 10.1 Å². The number of alkyl halides is 3. The molecule has 0 bridgehead atoms. The molecule has 0 saturated carbocycles. The van der Waals surface area contributed by atoms with Crippen molar-refractivity contribution in [2.24, 2.45) is 0 Å². The molecule has 0 saturated heterocycles. The molecule has 0 aromatic heterocycles. The summed E-state index contributed by atoms with van der Waals surface area (Å²) in [5, 5.41) is 1.94. The van der Waals surface area contributed by atoms with E-state index < -0.39 is 33.6 Å². The van der Waals surface area contributed by atoms with Crippen molar-refractivity contribution < 1.29 is 35.7 Å². The first kappa shape index (κ1) is 20.1. The van der Waals surface area contributed by atoms with Crippen LogP contribution in [-0.4, -0.2) is 36.5 Å². The van der Waals surface area contributed by atoms with Gasteiger partial charge >= 0.3 is 12.1 Å². The van der Waals surface area contributed by atoms with Crippen molar-refractivity contribution >= 4 is 37.6 Å². The monoisotopic (exact) mass is 412 g/mol. The maximum Gasteiger partial charge on any atom is 0.429 e. The van der Waals surface area contributed by atoms with Crippen LogP contribution in [-0.2, 0) is 14.9 Å². The summed E-state index contributed by atoms with van der Waals surface area (Å²) in [6.45, 7) is 0.409. The first-order valence-electron chi connectivity index (χ1n) is 8.07. The second-order valence-electron chi connectivity index (χ2n) is 6.54. The van der Waals surface area contributed by atoms with Gasteiger partial charge < -0.3 is 4.74 Å². The number of halogens is 3. The van der Waals surface area contributed by atoms with E-state index in [0.29, 0.717) is 28.5 Å². The van der Waals surface area contributed by atoms with Crippen LogP contribution >= 0.6 is 0 Å². The van der Waals surface area contributed by atoms with Gasteiger partial charge in [-0.25, -0.2) is 4.79 Å². The standard InChI is InChI=1S/C19H15F3O5S/c1-18(19(20,21)22,11-28(24,25)26)27-17(23)16-14-8-4-2-6-12(14)10-13-7-3-5-9-15(13)16/h2-10H,11H2,1H3,(H,24,25,26). The minimum Gasteiger partial charge on any atom is -0.445 e. The van der Waals surface area contributed by atoms with Crippen molar-refractivity contribution in [1.29, 1.82) is 0 Å². The number of carbonyl (C=O) groups is 1. The summed E-state index contributed by atoms with van der Waals surface area (Å²) in [7, 11) is -5.07. The van der Waals surface area contributed by atoms with Crippen LogP contribution in [0.4, 0.5) is 13.2 Å². The van der Waals surface area contributed by atoms with Gasteiger partial charge in [-0.1, -0.05) is 48.5 Å². The molecule has 148 valence electrons. The molecule has 0 aliphatic heterocycles. The summed E-state index contributed by atoms with van der Waals surface area (Å²) in [6.07, 6.45) is -5.22. The largest absolute Gasteiger partial charge is 0.445 e. The van der Waals surface area contributed by atoms with E-state index in [2.05, 4.69) is 4.74 Å². The molecule has 0 heterocycles. The predicted molar refractivity (Wildman–Crippen MR) is 97.7 cm³/mol. The Morgan fingerprint density at radius 1 is 1.00 bits per heavy atom. The van der Waals surface area contributed by atoms with Crippen molar-refractivity contribution in [3.05, 3.63) is 60.2 Å². The van der Waals surface area contributed by atoms with E-state index in [1.165, 1.54) is 0 Å². The van der Waals surface area contributed by atoms with Crippen LogP contribution in [0.3, 0.4) is 0 Å². The maximum absolute atomic E-state index is 13.5. The molecule has 0 aliphatic carbocycles. The van der Waals surface area contributed by atoms with E-state index in [0.717, 1.165) is 0 Å². The average molecular weight is 412 g/mol. The van der Waals surface area contributed by atoms with E-state index in [9.17, 15) is 26.4 Å². The van der Waals surface area contributed by atoms with Gasteiger partial charge in [-0.05, 0) is 34.5 Å². The number of hydrogen-bond acceptors (Lipinski definition) is 4. The van der Waals surface area contributed by atoms with E-state index in [1.54, 1.807) is 54.6 Å². The van der Waals surface area contributed by atoms with Crippen molar-refractivity contribution in [3.63, 3.8) is 0 Å². The molecule has 5 nitrogen and oxygen atoms in total. The molecular formula is C19H15F3O5S. The highest BCUT2D eigenvalue weighted by atomic mass is 32.2. The fourth-order valence-corrected chi connectivity index (χ4v) is 3.93. The first-order valence-corrected chi connectivity index (χ1v) is 9.68. The lowest BCUT2D eigenvalue weighted by atomic mass is 9.96. The second-order valence-corrected chi connectivity index (χ2v) is 7.99. The third kappa shape index (κ3) is 3.81. The van der Waals surface area contributed by atoms with Crippen LogP contribution in [0.1, 0.15) is 17.3 Å². The van der Waals surface area contributed by atoms with Crippen molar-refractivity contribution in [2.45, 2.75) is 18.7 Å². The number of fused-ring (bicyclic) bond motifs is 2. The Balaban J connectivity index is 2.19. The van der Waals surface area contributed by atoms with Gasteiger partial charge in [0.1, 0.15) is 5.75 Å². The molecule has 9 heteroatoms. The fourth-order valence-electron chi connectivity index (χ4n) is 3.01. The van der Waals surface area contributed by atoms with Crippen LogP contribution in [0.5, 0.6) is 0 Å². The van der Waals surface area contributed by atoms with Crippen molar-refractivity contribution in [1.82, 2.24) is 0 Å². The minimum atomic E-state index is -5.22. The normalized spacial score (nSPS) is 14.8. The zero-order valence-electron chi connectivity index (χ0n) is 14.5. The lowest BCUT2D eigenvalue weighted by Gasteiger charge is -2.30. The highest BCUT2D eigenvalue weighted by Gasteiger charge is 2.57. The molecular weight excluding hydrogens is 397 g/mol. The zero-order chi connectivity index (χ0) is 20.7. The van der Waals surface area contributed by atoms with E-state index >= 15 is 0 Å². The summed E-state index contributed by atoms with van der Waals surface area (Å²) >= 11 is 0. The Kier molecular flexibility index (Phi) is 4.84. The Morgan fingerprint density at radius 3 is 1.89 bits per heavy atom. The lowest BCUT2D eigenvalue weighted by molar-refractivity contribution is -0.243. The van der Waals surface area contributed by atoms with Crippen LogP contribution in [0.15, 0.2) is 54.6 Å². The van der Waals surface area contributed by atoms with Gasteiger partial charge in [0.15, 0.2) is 0 Å². The van der Waals surface area contributed by atoms with E-state index in [-0.39, 0.29) is 5.56 Å². The first-order chi connectivity index (χ1) is 12.9. The highest BCUT2D eigenvalue weighted by Crippen LogP contribution is 2.37. The predicted octanol–water partition coefficient (Wildman–Crippen LogP) is 4.36. The lowest BCUT2D eigenvalue weighted by Crippen LogP contribution is -2.51. The maximum atomic E-state index is 13.5. The number of esters is 1. The fraction of sp³-hybridized carbons (Fsp3) is 0.211. The smallest absolute Gasteiger partial charge is 0.429 e. The van der Waals surface area contributed by atoms with Gasteiger partial charge in [0.2, 0.25) is 5.60 Å². The average Bonchev–Trinajstić information content (AvgIpc) is 2.56. The summed E-state index contributed by atoms with van der Waals surface area (Å²) in [6, 6.07) is 15.0. The molecule has 28 heavy (non-hydrogen) atoms. The summed E-state index contributed by atoms with van der Waals surface area (Å²) < 4.78 is 76.3. The molecule has 1 N–H and O–H groups in total. The van der Waals surface area contributed by atoms with Crippen LogP contribution in [0.25, 0.3) is 21.5 Å². The number of hydrogen-bond donors (Lipinski definition) is 1. The molecule has 0 spiro atoms. The summed E-state index contributed by atoms with van der Waals surface area (Å²) in [4.78, 5) is 12.8. The zero-order valence-corrected chi connectivity index (χ0v) is 15.3. The number of benzene rings is 3. The van der Waals surface area contributed by atoms with Crippen LogP contribution < -0.4 is 0 Å². The molecule has 0 radical (unpaired) electrons. The molecule has 1 atom stereocenters. The Hall–Kier alpha value is -2.65. The topological polar surface area (TPSA) is 80.7 Å². The molecule has 0 fully saturated rings. The Bertz CT molecular complexity index is 1120. The van der Waals surface area contributed by atoms with Crippen molar-refractivity contribution in [2.75, 3.05) is 5.75 Å². The minimum absolute atomic E-state index is 0.112. The quantitative estimate of drug-likeness (QED) is 0.391. The van der Waals surface area contributed by atoms with Gasteiger partial charge in [-0.3, -0.25) is 4.55 Å². The summed E-state index contributed by atoms with van der Waals surface area (Å²) in [5.41, 5.74) is -3.53. The van der Waals surface area contributed by atoms with E-state index in [1.807, 2.05) is 0 Å². The number of carbonyl (C=O) groups excluding carboxylic acids is 1. The SMILES string of the molecule is CC(CS(=O)(=O)O)(OC(=O)c1c2ccccc2cc2ccccc12)C(F)(F)F. The second kappa shape index (κ2) is 6.75. The van der Waals surface area contributed by atoms with Gasteiger partial charge in [0.05, 0.1) is 5.56 Å². The van der Waals surface area contributed by atoms with Crippen LogP contribution in [0.2, 0.25) is 0 Å². The third-order valence-electron chi connectivity index (χ3n) is 4.35. The van der Waals surface area contributed by atoms with Gasteiger partial charge in [0, 0.05) is 0 Å². The molecule has 1 unspecified atom stereocenters.